The van der Waals surface area contributed by atoms with Gasteiger partial charge in [-0.2, -0.15) is 0 Å². The fraction of sp³-hybridized carbons (Fsp3) is 0.182. The lowest BCUT2D eigenvalue weighted by atomic mass is 10.1. The van der Waals surface area contributed by atoms with Gasteiger partial charge in [0, 0.05) is 13.6 Å². The number of nitro benzene ring substituents is 1. The van der Waals surface area contributed by atoms with E-state index in [9.17, 15) is 14.9 Å². The van der Waals surface area contributed by atoms with E-state index in [2.05, 4.69) is 6.58 Å². The number of hydrogen-bond acceptors (Lipinski definition) is 3. The Kier molecular flexibility index (Phi) is 4.23. The van der Waals surface area contributed by atoms with Gasteiger partial charge in [-0.3, -0.25) is 14.9 Å². The first-order valence-electron chi connectivity index (χ1n) is 4.78. The van der Waals surface area contributed by atoms with Crippen molar-refractivity contribution in [2.75, 3.05) is 13.6 Å². The second-order valence-corrected chi connectivity index (χ2v) is 3.77. The van der Waals surface area contributed by atoms with Crippen LogP contribution in [0.2, 0.25) is 5.02 Å². The summed E-state index contributed by atoms with van der Waals surface area (Å²) in [6, 6.07) is 4.26. The molecule has 0 radical (unpaired) electrons. The predicted octanol–water partition coefficient (Wildman–Crippen LogP) is 2.51. The molecule has 90 valence electrons. The molecule has 1 amide bonds. The van der Waals surface area contributed by atoms with Crippen molar-refractivity contribution >= 4 is 23.2 Å². The summed E-state index contributed by atoms with van der Waals surface area (Å²) >= 11 is 5.72. The van der Waals surface area contributed by atoms with Crippen LogP contribution < -0.4 is 0 Å². The second kappa shape index (κ2) is 5.45. The minimum absolute atomic E-state index is 0.0214. The molecule has 0 fully saturated rings. The summed E-state index contributed by atoms with van der Waals surface area (Å²) in [5.74, 6) is -0.459. The van der Waals surface area contributed by atoms with E-state index >= 15 is 0 Å². The summed E-state index contributed by atoms with van der Waals surface area (Å²) in [4.78, 5) is 23.5. The van der Waals surface area contributed by atoms with Crippen LogP contribution in [0.15, 0.2) is 30.9 Å². The Bertz CT molecular complexity index is 474. The maximum absolute atomic E-state index is 11.9. The molecule has 0 aliphatic carbocycles. The molecule has 0 bridgehead atoms. The molecule has 1 rings (SSSR count). The number of carbonyl (C=O) groups is 1. The van der Waals surface area contributed by atoms with Gasteiger partial charge in [-0.15, -0.1) is 6.58 Å². The molecule has 1 aromatic carbocycles. The van der Waals surface area contributed by atoms with Gasteiger partial charge < -0.3 is 4.90 Å². The van der Waals surface area contributed by atoms with Crippen LogP contribution in [-0.2, 0) is 0 Å². The third-order valence-corrected chi connectivity index (χ3v) is 2.45. The number of amides is 1. The lowest BCUT2D eigenvalue weighted by molar-refractivity contribution is -0.385. The van der Waals surface area contributed by atoms with E-state index in [1.807, 2.05) is 0 Å². The van der Waals surface area contributed by atoms with E-state index in [1.165, 1.54) is 36.2 Å². The smallest absolute Gasteiger partial charge is 0.300 e. The van der Waals surface area contributed by atoms with Crippen LogP contribution in [0, 0.1) is 10.1 Å². The maximum atomic E-state index is 11.9. The minimum Gasteiger partial charge on any atom is -0.338 e. The Labute approximate surface area is 103 Å². The highest BCUT2D eigenvalue weighted by Gasteiger charge is 2.25. The van der Waals surface area contributed by atoms with Crippen molar-refractivity contribution in [3.8, 4) is 0 Å². The Morgan fingerprint density at radius 2 is 2.29 bits per heavy atom. The summed E-state index contributed by atoms with van der Waals surface area (Å²) < 4.78 is 0. The highest BCUT2D eigenvalue weighted by molar-refractivity contribution is 6.33. The topological polar surface area (TPSA) is 63.5 Å². The Balaban J connectivity index is 3.22. The van der Waals surface area contributed by atoms with Crippen molar-refractivity contribution in [2.45, 2.75) is 0 Å². The zero-order valence-electron chi connectivity index (χ0n) is 9.22. The predicted molar refractivity (Wildman–Crippen MR) is 65.3 cm³/mol. The van der Waals surface area contributed by atoms with Crippen molar-refractivity contribution < 1.29 is 9.72 Å². The number of halogens is 1. The SMILES string of the molecule is C=CCN(C)C(=O)c1cccc(Cl)c1[N+](=O)[O-]. The average Bonchev–Trinajstić information content (AvgIpc) is 2.27. The van der Waals surface area contributed by atoms with Crippen LogP contribution in [0.4, 0.5) is 5.69 Å². The lowest BCUT2D eigenvalue weighted by Gasteiger charge is -2.14. The maximum Gasteiger partial charge on any atom is 0.300 e. The molecular weight excluding hydrogens is 244 g/mol. The first-order valence-corrected chi connectivity index (χ1v) is 5.16. The van der Waals surface area contributed by atoms with Crippen LogP contribution >= 0.6 is 11.6 Å². The van der Waals surface area contributed by atoms with E-state index < -0.39 is 10.8 Å². The molecule has 0 saturated carbocycles. The van der Waals surface area contributed by atoms with Gasteiger partial charge in [0.15, 0.2) is 0 Å². The van der Waals surface area contributed by atoms with Crippen LogP contribution in [-0.4, -0.2) is 29.3 Å². The molecule has 0 aromatic heterocycles. The fourth-order valence-electron chi connectivity index (χ4n) is 1.36. The van der Waals surface area contributed by atoms with Gasteiger partial charge in [-0.25, -0.2) is 0 Å². The minimum atomic E-state index is -0.655. The lowest BCUT2D eigenvalue weighted by Crippen LogP contribution is -2.27. The third kappa shape index (κ3) is 2.82. The van der Waals surface area contributed by atoms with E-state index in [0.29, 0.717) is 6.54 Å². The molecule has 0 heterocycles. The van der Waals surface area contributed by atoms with Gasteiger partial charge in [0.05, 0.1) is 4.92 Å². The van der Waals surface area contributed by atoms with Crippen molar-refractivity contribution in [3.05, 3.63) is 51.6 Å². The molecule has 1 aromatic rings. The Morgan fingerprint density at radius 1 is 1.65 bits per heavy atom. The molecule has 0 saturated heterocycles. The zero-order chi connectivity index (χ0) is 13.0. The highest BCUT2D eigenvalue weighted by atomic mass is 35.5. The second-order valence-electron chi connectivity index (χ2n) is 3.37. The molecule has 17 heavy (non-hydrogen) atoms. The monoisotopic (exact) mass is 254 g/mol. The van der Waals surface area contributed by atoms with E-state index in [-0.39, 0.29) is 16.3 Å². The molecule has 0 aliphatic rings. The standard InChI is InChI=1S/C11H11ClN2O3/c1-3-7-13(2)11(15)8-5-4-6-9(12)10(8)14(16)17/h3-6H,1,7H2,2H3. The molecule has 6 heteroatoms. The van der Waals surface area contributed by atoms with Gasteiger partial charge in [0.1, 0.15) is 10.6 Å². The summed E-state index contributed by atoms with van der Waals surface area (Å²) in [7, 11) is 1.54. The summed E-state index contributed by atoms with van der Waals surface area (Å²) in [6.45, 7) is 3.81. The van der Waals surface area contributed by atoms with E-state index in [4.69, 9.17) is 11.6 Å². The molecule has 0 unspecified atom stereocenters. The van der Waals surface area contributed by atoms with Crippen LogP contribution in [0.1, 0.15) is 10.4 Å². The largest absolute Gasteiger partial charge is 0.338 e. The van der Waals surface area contributed by atoms with Crippen LogP contribution in [0.3, 0.4) is 0 Å². The number of rotatable bonds is 4. The van der Waals surface area contributed by atoms with E-state index in [1.54, 1.807) is 0 Å². The Morgan fingerprint density at radius 3 is 2.82 bits per heavy atom. The van der Waals surface area contributed by atoms with E-state index in [0.717, 1.165) is 0 Å². The summed E-state index contributed by atoms with van der Waals surface area (Å²) in [6.07, 6.45) is 1.54. The first-order chi connectivity index (χ1) is 7.99. The molecule has 0 spiro atoms. The molecule has 0 aliphatic heterocycles. The quantitative estimate of drug-likeness (QED) is 0.471. The molecule has 0 atom stereocenters. The molecular formula is C11H11ClN2O3. The Hall–Kier alpha value is -1.88. The highest BCUT2D eigenvalue weighted by Crippen LogP contribution is 2.28. The average molecular weight is 255 g/mol. The van der Waals surface area contributed by atoms with Crippen molar-refractivity contribution in [2.24, 2.45) is 0 Å². The normalized spacial score (nSPS) is 9.76. The number of hydrogen-bond donors (Lipinski definition) is 0. The number of likely N-dealkylation sites (N-methyl/N-ethyl adjacent to an activating group) is 1. The van der Waals surface area contributed by atoms with Gasteiger partial charge in [0.2, 0.25) is 0 Å². The van der Waals surface area contributed by atoms with Crippen molar-refractivity contribution in [3.63, 3.8) is 0 Å². The van der Waals surface area contributed by atoms with Crippen LogP contribution in [0.5, 0.6) is 0 Å². The number of para-hydroxylation sites is 1. The van der Waals surface area contributed by atoms with Crippen LogP contribution in [0.25, 0.3) is 0 Å². The fourth-order valence-corrected chi connectivity index (χ4v) is 1.60. The number of carbonyl (C=O) groups excluding carboxylic acids is 1. The number of nitrogens with zero attached hydrogens (tertiary/aromatic N) is 2. The first kappa shape index (κ1) is 13.2. The summed E-state index contributed by atoms with van der Waals surface area (Å²) in [5, 5.41) is 10.8. The third-order valence-electron chi connectivity index (χ3n) is 2.15. The summed E-state index contributed by atoms with van der Waals surface area (Å²) in [5.41, 5.74) is -0.387. The zero-order valence-corrected chi connectivity index (χ0v) is 9.98. The van der Waals surface area contributed by atoms with Gasteiger partial charge in [-0.1, -0.05) is 23.7 Å². The van der Waals surface area contributed by atoms with Gasteiger partial charge >= 0.3 is 5.69 Å². The van der Waals surface area contributed by atoms with Gasteiger partial charge in [0.25, 0.3) is 5.91 Å². The number of benzene rings is 1. The molecule has 5 nitrogen and oxygen atoms in total. The van der Waals surface area contributed by atoms with Crippen molar-refractivity contribution in [1.29, 1.82) is 0 Å². The van der Waals surface area contributed by atoms with Crippen molar-refractivity contribution in [1.82, 2.24) is 4.90 Å². The number of nitro groups is 1. The van der Waals surface area contributed by atoms with Gasteiger partial charge in [-0.05, 0) is 12.1 Å². The molecule has 0 N–H and O–H groups in total.